The Hall–Kier alpha value is -2.08. The van der Waals surface area contributed by atoms with E-state index >= 15 is 0 Å². The predicted molar refractivity (Wildman–Crippen MR) is 94.9 cm³/mol. The molecule has 0 radical (unpaired) electrons. The van der Waals surface area contributed by atoms with Crippen molar-refractivity contribution in [3.8, 4) is 11.5 Å². The molecular formula is C16H23N3O2S. The molecule has 0 saturated carbocycles. The molecule has 0 fully saturated rings. The zero-order valence-electron chi connectivity index (χ0n) is 13.1. The van der Waals surface area contributed by atoms with Crippen LogP contribution in [0.2, 0.25) is 0 Å². The summed E-state index contributed by atoms with van der Waals surface area (Å²) in [4.78, 5) is 0. The van der Waals surface area contributed by atoms with Crippen molar-refractivity contribution in [2.75, 3.05) is 20.3 Å². The van der Waals surface area contributed by atoms with Crippen LogP contribution >= 0.6 is 12.2 Å². The summed E-state index contributed by atoms with van der Waals surface area (Å²) in [6.45, 7) is 7.01. The smallest absolute Gasteiger partial charge is 0.187 e. The van der Waals surface area contributed by atoms with Gasteiger partial charge in [0.2, 0.25) is 0 Å². The minimum atomic E-state index is 0.447. The van der Waals surface area contributed by atoms with Crippen LogP contribution in [0.1, 0.15) is 25.3 Å². The van der Waals surface area contributed by atoms with Gasteiger partial charge in [-0.1, -0.05) is 19.4 Å². The van der Waals surface area contributed by atoms with E-state index in [1.54, 1.807) is 19.4 Å². The second kappa shape index (κ2) is 10.6. The Morgan fingerprint density at radius 1 is 1.41 bits per heavy atom. The summed E-state index contributed by atoms with van der Waals surface area (Å²) < 4.78 is 11.0. The Bertz CT molecular complexity index is 518. The molecule has 1 rings (SSSR count). The van der Waals surface area contributed by atoms with Crippen LogP contribution in [0.4, 0.5) is 0 Å². The van der Waals surface area contributed by atoms with Gasteiger partial charge >= 0.3 is 0 Å². The highest BCUT2D eigenvalue weighted by molar-refractivity contribution is 7.80. The number of nitrogens with one attached hydrogen (secondary N) is 2. The van der Waals surface area contributed by atoms with Crippen LogP contribution in [-0.4, -0.2) is 31.6 Å². The van der Waals surface area contributed by atoms with E-state index in [9.17, 15) is 0 Å². The average Bonchev–Trinajstić information content (AvgIpc) is 2.54. The van der Waals surface area contributed by atoms with Crippen molar-refractivity contribution in [3.05, 3.63) is 36.4 Å². The third-order valence-electron chi connectivity index (χ3n) is 2.73. The second-order valence-electron chi connectivity index (χ2n) is 4.48. The van der Waals surface area contributed by atoms with E-state index in [0.29, 0.717) is 24.0 Å². The van der Waals surface area contributed by atoms with E-state index in [1.807, 2.05) is 18.2 Å². The first kappa shape index (κ1) is 18.0. The number of ether oxygens (including phenoxy) is 2. The number of nitrogens with zero attached hydrogens (tertiary/aromatic N) is 1. The van der Waals surface area contributed by atoms with Gasteiger partial charge in [0.25, 0.3) is 0 Å². The Balaban J connectivity index is 2.60. The monoisotopic (exact) mass is 321 g/mol. The maximum Gasteiger partial charge on any atom is 0.187 e. The van der Waals surface area contributed by atoms with Gasteiger partial charge in [0.15, 0.2) is 16.6 Å². The number of rotatable bonds is 9. The Morgan fingerprint density at radius 3 is 2.91 bits per heavy atom. The van der Waals surface area contributed by atoms with Gasteiger partial charge < -0.3 is 14.8 Å². The number of benzene rings is 1. The molecule has 120 valence electrons. The number of hydrogen-bond acceptors (Lipinski definition) is 4. The standard InChI is InChI=1S/C16H23N3O2S/c1-4-6-10-21-14-8-7-13(11-15(14)20-3)12-18-19-16(22)17-9-5-2/h5,7-8,11-12H,2,4,6,9-10H2,1,3H3,(H2,17,19,22)/b18-12-. The maximum atomic E-state index is 5.69. The highest BCUT2D eigenvalue weighted by atomic mass is 32.1. The lowest BCUT2D eigenvalue weighted by molar-refractivity contribution is 0.288. The van der Waals surface area contributed by atoms with Gasteiger partial charge in [-0.2, -0.15) is 5.10 Å². The molecule has 0 bridgehead atoms. The van der Waals surface area contributed by atoms with Crippen molar-refractivity contribution in [3.63, 3.8) is 0 Å². The molecule has 0 spiro atoms. The number of hydrazone groups is 1. The van der Waals surface area contributed by atoms with Crippen LogP contribution in [0.5, 0.6) is 11.5 Å². The van der Waals surface area contributed by atoms with Crippen molar-refractivity contribution in [2.24, 2.45) is 5.10 Å². The molecule has 2 N–H and O–H groups in total. The third kappa shape index (κ3) is 6.58. The topological polar surface area (TPSA) is 54.9 Å². The van der Waals surface area contributed by atoms with E-state index in [1.165, 1.54) is 0 Å². The van der Waals surface area contributed by atoms with Crippen LogP contribution in [0.25, 0.3) is 0 Å². The molecule has 5 nitrogen and oxygen atoms in total. The molecular weight excluding hydrogens is 298 g/mol. The summed E-state index contributed by atoms with van der Waals surface area (Å²) in [5.41, 5.74) is 3.62. The lowest BCUT2D eigenvalue weighted by Crippen LogP contribution is -2.31. The largest absolute Gasteiger partial charge is 0.493 e. The molecule has 1 aromatic rings. The van der Waals surface area contributed by atoms with E-state index in [-0.39, 0.29) is 0 Å². The minimum Gasteiger partial charge on any atom is -0.493 e. The summed E-state index contributed by atoms with van der Waals surface area (Å²) in [6.07, 6.45) is 5.50. The van der Waals surface area contributed by atoms with Gasteiger partial charge in [0.05, 0.1) is 19.9 Å². The molecule has 22 heavy (non-hydrogen) atoms. The van der Waals surface area contributed by atoms with Crippen LogP contribution in [0, 0.1) is 0 Å². The zero-order valence-corrected chi connectivity index (χ0v) is 13.9. The quantitative estimate of drug-likeness (QED) is 0.241. The second-order valence-corrected chi connectivity index (χ2v) is 4.89. The van der Waals surface area contributed by atoms with Gasteiger partial charge in [0, 0.05) is 6.54 Å². The molecule has 0 aliphatic heterocycles. The van der Waals surface area contributed by atoms with Crippen LogP contribution in [-0.2, 0) is 0 Å². The fourth-order valence-electron chi connectivity index (χ4n) is 1.58. The SMILES string of the molecule is C=CCNC(=S)N/N=C\c1ccc(OCCCC)c(OC)c1. The van der Waals surface area contributed by atoms with Crippen molar-refractivity contribution in [1.29, 1.82) is 0 Å². The predicted octanol–water partition coefficient (Wildman–Crippen LogP) is 2.86. The first-order valence-electron chi connectivity index (χ1n) is 7.19. The first-order valence-corrected chi connectivity index (χ1v) is 7.60. The number of methoxy groups -OCH3 is 1. The molecule has 0 unspecified atom stereocenters. The fourth-order valence-corrected chi connectivity index (χ4v) is 1.72. The van der Waals surface area contributed by atoms with E-state index in [0.717, 1.165) is 24.2 Å². The highest BCUT2D eigenvalue weighted by Crippen LogP contribution is 2.27. The van der Waals surface area contributed by atoms with Gasteiger partial charge in [-0.25, -0.2) is 0 Å². The normalized spacial score (nSPS) is 10.3. The summed E-state index contributed by atoms with van der Waals surface area (Å²) >= 11 is 5.04. The maximum absolute atomic E-state index is 5.69. The van der Waals surface area contributed by atoms with E-state index in [2.05, 4.69) is 29.3 Å². The van der Waals surface area contributed by atoms with Crippen molar-refractivity contribution in [2.45, 2.75) is 19.8 Å². The molecule has 0 aliphatic carbocycles. The van der Waals surface area contributed by atoms with Crippen LogP contribution < -0.4 is 20.2 Å². The van der Waals surface area contributed by atoms with E-state index < -0.39 is 0 Å². The molecule has 0 saturated heterocycles. The molecule has 1 aromatic carbocycles. The molecule has 0 atom stereocenters. The fraction of sp³-hybridized carbons (Fsp3) is 0.375. The molecule has 0 heterocycles. The van der Waals surface area contributed by atoms with Gasteiger partial charge in [-0.3, -0.25) is 5.43 Å². The van der Waals surface area contributed by atoms with Crippen LogP contribution in [0.15, 0.2) is 36.0 Å². The summed E-state index contributed by atoms with van der Waals surface area (Å²) in [5, 5.41) is 7.44. The number of unbranched alkanes of at least 4 members (excludes halogenated alkanes) is 1. The lowest BCUT2D eigenvalue weighted by Gasteiger charge is -2.10. The van der Waals surface area contributed by atoms with Crippen molar-refractivity contribution < 1.29 is 9.47 Å². The molecule has 0 amide bonds. The summed E-state index contributed by atoms with van der Waals surface area (Å²) in [5.74, 6) is 1.43. The van der Waals surface area contributed by atoms with Crippen molar-refractivity contribution >= 4 is 23.5 Å². The average molecular weight is 321 g/mol. The molecule has 0 aromatic heterocycles. The number of thiocarbonyl (C=S) groups is 1. The third-order valence-corrected chi connectivity index (χ3v) is 2.97. The van der Waals surface area contributed by atoms with Gasteiger partial charge in [-0.05, 0) is 42.4 Å². The van der Waals surface area contributed by atoms with Crippen LogP contribution in [0.3, 0.4) is 0 Å². The molecule has 6 heteroatoms. The lowest BCUT2D eigenvalue weighted by atomic mass is 10.2. The first-order chi connectivity index (χ1) is 10.7. The molecule has 0 aliphatic rings. The Labute approximate surface area is 137 Å². The summed E-state index contributed by atoms with van der Waals surface area (Å²) in [7, 11) is 1.62. The van der Waals surface area contributed by atoms with E-state index in [4.69, 9.17) is 21.7 Å². The highest BCUT2D eigenvalue weighted by Gasteiger charge is 2.04. The van der Waals surface area contributed by atoms with Crippen molar-refractivity contribution in [1.82, 2.24) is 10.7 Å². The Kier molecular flexibility index (Phi) is 8.67. The summed E-state index contributed by atoms with van der Waals surface area (Å²) in [6, 6.07) is 5.66. The number of hydrogen-bond donors (Lipinski definition) is 2. The Morgan fingerprint density at radius 2 is 2.23 bits per heavy atom. The van der Waals surface area contributed by atoms with Gasteiger partial charge in [-0.15, -0.1) is 6.58 Å². The zero-order chi connectivity index (χ0) is 16.2. The minimum absolute atomic E-state index is 0.447. The van der Waals surface area contributed by atoms with Gasteiger partial charge in [0.1, 0.15) is 0 Å².